The van der Waals surface area contributed by atoms with Gasteiger partial charge in [0.1, 0.15) is 0 Å². The van der Waals surface area contributed by atoms with E-state index in [1.54, 1.807) is 11.8 Å². The van der Waals surface area contributed by atoms with Crippen LogP contribution >= 0.6 is 11.8 Å². The van der Waals surface area contributed by atoms with Gasteiger partial charge in [0.05, 0.1) is 5.54 Å². The van der Waals surface area contributed by atoms with E-state index in [0.29, 0.717) is 0 Å². The summed E-state index contributed by atoms with van der Waals surface area (Å²) in [7, 11) is 0. The Morgan fingerprint density at radius 1 is 1.11 bits per heavy atom. The van der Waals surface area contributed by atoms with Gasteiger partial charge in [0, 0.05) is 11.4 Å². The number of aliphatic imine (C=N–C) groups is 1. The summed E-state index contributed by atoms with van der Waals surface area (Å²) in [5, 5.41) is 1.06. The van der Waals surface area contributed by atoms with Crippen LogP contribution in [0.2, 0.25) is 0 Å². The molecule has 0 aliphatic carbocycles. The van der Waals surface area contributed by atoms with Crippen LogP contribution in [-0.4, -0.2) is 17.0 Å². The van der Waals surface area contributed by atoms with E-state index in [0.717, 1.165) is 5.17 Å². The largest absolute Gasteiger partial charge is 0.294 e. The fraction of sp³-hybridized carbons (Fsp3) is 0.400. The van der Waals surface area contributed by atoms with Crippen molar-refractivity contribution >= 4 is 22.6 Å². The number of thioether (sulfide) groups is 1. The summed E-state index contributed by atoms with van der Waals surface area (Å²) in [6.45, 7) is 8.53. The Morgan fingerprint density at radius 3 is 2.28 bits per heavy atom. The van der Waals surface area contributed by atoms with E-state index in [9.17, 15) is 0 Å². The predicted molar refractivity (Wildman–Crippen MR) is 82.4 cm³/mol. The zero-order chi connectivity index (χ0) is 13.3. The lowest BCUT2D eigenvalue weighted by atomic mass is 10.0. The van der Waals surface area contributed by atoms with E-state index < -0.39 is 0 Å². The van der Waals surface area contributed by atoms with Gasteiger partial charge in [-0.05, 0) is 52.2 Å². The van der Waals surface area contributed by atoms with Crippen molar-refractivity contribution in [2.45, 2.75) is 33.2 Å². The summed E-state index contributed by atoms with van der Waals surface area (Å²) in [4.78, 5) is 7.01. The van der Waals surface area contributed by atoms with Crippen LogP contribution in [-0.2, 0) is 0 Å². The van der Waals surface area contributed by atoms with Crippen LogP contribution < -0.4 is 4.90 Å². The Bertz CT molecular complexity index is 498. The van der Waals surface area contributed by atoms with Crippen LogP contribution in [0.25, 0.3) is 0 Å². The minimum atomic E-state index is -0.108. The zero-order valence-corrected chi connectivity index (χ0v) is 12.5. The number of rotatable bonds is 1. The summed E-state index contributed by atoms with van der Waals surface area (Å²) in [5.41, 5.74) is 3.59. The molecule has 1 aliphatic heterocycles. The summed E-state index contributed by atoms with van der Waals surface area (Å²) in [5.74, 6) is 0. The van der Waals surface area contributed by atoms with Gasteiger partial charge >= 0.3 is 0 Å². The molecular formula is C15H20N2S. The third kappa shape index (κ3) is 2.61. The second-order valence-corrected chi connectivity index (χ2v) is 5.98. The molecule has 0 amide bonds. The van der Waals surface area contributed by atoms with E-state index in [2.05, 4.69) is 69.2 Å². The van der Waals surface area contributed by atoms with Crippen LogP contribution in [0.4, 0.5) is 5.69 Å². The van der Waals surface area contributed by atoms with Gasteiger partial charge in [-0.1, -0.05) is 29.5 Å². The number of nitrogens with zero attached hydrogens (tertiary/aromatic N) is 2. The van der Waals surface area contributed by atoms with Crippen LogP contribution in [0.15, 0.2) is 41.0 Å². The van der Waals surface area contributed by atoms with Crippen molar-refractivity contribution in [3.8, 4) is 0 Å². The molecule has 0 bridgehead atoms. The maximum absolute atomic E-state index is 4.79. The lowest BCUT2D eigenvalue weighted by Crippen LogP contribution is -2.35. The smallest absolute Gasteiger partial charge is 0.168 e. The first kappa shape index (κ1) is 13.2. The molecule has 0 atom stereocenters. The Kier molecular flexibility index (Phi) is 3.53. The van der Waals surface area contributed by atoms with E-state index >= 15 is 0 Å². The molecule has 1 aliphatic rings. The maximum Gasteiger partial charge on any atom is 0.168 e. The first-order chi connectivity index (χ1) is 8.43. The molecule has 2 nitrogen and oxygen atoms in total. The van der Waals surface area contributed by atoms with Crippen LogP contribution in [0.3, 0.4) is 0 Å². The van der Waals surface area contributed by atoms with Crippen LogP contribution in [0.5, 0.6) is 0 Å². The normalized spacial score (nSPS) is 18.4. The Hall–Kier alpha value is -1.22. The molecule has 0 aromatic heterocycles. The zero-order valence-electron chi connectivity index (χ0n) is 11.7. The molecule has 0 fully saturated rings. The van der Waals surface area contributed by atoms with Gasteiger partial charge in [0.2, 0.25) is 0 Å². The molecule has 1 aromatic carbocycles. The number of aryl methyl sites for hydroxylation is 1. The second kappa shape index (κ2) is 4.81. The van der Waals surface area contributed by atoms with Gasteiger partial charge in [0.15, 0.2) is 5.17 Å². The molecular weight excluding hydrogens is 240 g/mol. The Balaban J connectivity index is 2.43. The number of allylic oxidation sites excluding steroid dienone is 1. The van der Waals surface area contributed by atoms with Gasteiger partial charge in [-0.15, -0.1) is 0 Å². The van der Waals surface area contributed by atoms with Crippen LogP contribution in [0, 0.1) is 6.92 Å². The minimum absolute atomic E-state index is 0.108. The SMILES string of the molecule is CSC1=NC(C)(C)C=C(C)N1c1ccc(C)cc1. The summed E-state index contributed by atoms with van der Waals surface area (Å²) < 4.78 is 0. The van der Waals surface area contributed by atoms with Gasteiger partial charge in [-0.25, -0.2) is 0 Å². The standard InChI is InChI=1S/C15H20N2S/c1-11-6-8-13(9-7-11)17-12(2)10-15(3,4)16-14(17)18-5/h6-10H,1-5H3. The predicted octanol–water partition coefficient (Wildman–Crippen LogP) is 4.22. The molecule has 1 aromatic rings. The van der Waals surface area contributed by atoms with Crippen molar-refractivity contribution in [1.82, 2.24) is 0 Å². The van der Waals surface area contributed by atoms with E-state index in [1.807, 2.05) is 0 Å². The molecule has 0 N–H and O–H groups in total. The summed E-state index contributed by atoms with van der Waals surface area (Å²) in [6.07, 6.45) is 4.29. The number of hydrogen-bond donors (Lipinski definition) is 0. The van der Waals surface area contributed by atoms with Gasteiger partial charge in [-0.2, -0.15) is 0 Å². The summed E-state index contributed by atoms with van der Waals surface area (Å²) >= 11 is 1.69. The average molecular weight is 260 g/mol. The molecule has 1 heterocycles. The van der Waals surface area contributed by atoms with E-state index in [1.165, 1.54) is 16.9 Å². The summed E-state index contributed by atoms with van der Waals surface area (Å²) in [6, 6.07) is 8.58. The highest BCUT2D eigenvalue weighted by atomic mass is 32.2. The van der Waals surface area contributed by atoms with Gasteiger partial charge in [-0.3, -0.25) is 9.89 Å². The maximum atomic E-state index is 4.79. The third-order valence-corrected chi connectivity index (χ3v) is 3.60. The monoisotopic (exact) mass is 260 g/mol. The topological polar surface area (TPSA) is 15.6 Å². The van der Waals surface area contributed by atoms with Crippen molar-refractivity contribution in [2.75, 3.05) is 11.2 Å². The van der Waals surface area contributed by atoms with Crippen LogP contribution in [0.1, 0.15) is 26.3 Å². The lowest BCUT2D eigenvalue weighted by Gasteiger charge is -2.34. The first-order valence-electron chi connectivity index (χ1n) is 6.13. The van der Waals surface area contributed by atoms with Gasteiger partial charge < -0.3 is 0 Å². The van der Waals surface area contributed by atoms with Gasteiger partial charge in [0.25, 0.3) is 0 Å². The quantitative estimate of drug-likeness (QED) is 0.751. The molecule has 0 spiro atoms. The molecule has 3 heteroatoms. The highest BCUT2D eigenvalue weighted by molar-refractivity contribution is 8.13. The van der Waals surface area contributed by atoms with E-state index in [-0.39, 0.29) is 5.54 Å². The number of benzene rings is 1. The highest BCUT2D eigenvalue weighted by Gasteiger charge is 2.26. The minimum Gasteiger partial charge on any atom is -0.294 e. The fourth-order valence-electron chi connectivity index (χ4n) is 2.20. The number of hydrogen-bond acceptors (Lipinski definition) is 3. The molecule has 2 rings (SSSR count). The lowest BCUT2D eigenvalue weighted by molar-refractivity contribution is 0.642. The highest BCUT2D eigenvalue weighted by Crippen LogP contribution is 2.31. The van der Waals surface area contributed by atoms with E-state index in [4.69, 9.17) is 4.99 Å². The third-order valence-electron chi connectivity index (χ3n) is 2.96. The van der Waals surface area contributed by atoms with Crippen molar-refractivity contribution in [1.29, 1.82) is 0 Å². The molecule has 0 saturated carbocycles. The first-order valence-corrected chi connectivity index (χ1v) is 7.35. The molecule has 0 saturated heterocycles. The average Bonchev–Trinajstić information content (AvgIpc) is 2.29. The number of anilines is 1. The van der Waals surface area contributed by atoms with Crippen molar-refractivity contribution in [3.05, 3.63) is 41.6 Å². The van der Waals surface area contributed by atoms with Crippen molar-refractivity contribution in [2.24, 2.45) is 4.99 Å². The molecule has 0 unspecified atom stereocenters. The molecule has 18 heavy (non-hydrogen) atoms. The fourth-order valence-corrected chi connectivity index (χ4v) is 2.96. The van der Waals surface area contributed by atoms with Crippen molar-refractivity contribution < 1.29 is 0 Å². The Morgan fingerprint density at radius 2 is 1.72 bits per heavy atom. The second-order valence-electron chi connectivity index (χ2n) is 5.21. The van der Waals surface area contributed by atoms with Crippen molar-refractivity contribution in [3.63, 3.8) is 0 Å². The molecule has 96 valence electrons. The molecule has 0 radical (unpaired) electrons. The Labute approximate surface area is 114 Å². The number of amidine groups is 1.